The monoisotopic (exact) mass is 342 g/mol. The Morgan fingerprint density at radius 1 is 1.12 bits per heavy atom. The van der Waals surface area contributed by atoms with Gasteiger partial charge in [0.2, 0.25) is 5.91 Å². The summed E-state index contributed by atoms with van der Waals surface area (Å²) in [4.78, 5) is 15.0. The van der Waals surface area contributed by atoms with Gasteiger partial charge in [-0.05, 0) is 37.2 Å². The van der Waals surface area contributed by atoms with Crippen molar-refractivity contribution < 1.29 is 9.53 Å². The van der Waals surface area contributed by atoms with Gasteiger partial charge >= 0.3 is 0 Å². The Balaban J connectivity index is 1.39. The van der Waals surface area contributed by atoms with E-state index in [0.717, 1.165) is 19.4 Å². The van der Waals surface area contributed by atoms with Gasteiger partial charge in [-0.25, -0.2) is 0 Å². The van der Waals surface area contributed by atoms with Gasteiger partial charge in [0, 0.05) is 12.6 Å². The van der Waals surface area contributed by atoms with Crippen LogP contribution in [0, 0.1) is 5.92 Å². The summed E-state index contributed by atoms with van der Waals surface area (Å²) in [7, 11) is 0. The van der Waals surface area contributed by atoms with Crippen molar-refractivity contribution in [2.45, 2.75) is 63.1 Å². The van der Waals surface area contributed by atoms with E-state index < -0.39 is 0 Å². The zero-order chi connectivity index (χ0) is 17.1. The van der Waals surface area contributed by atoms with Crippen molar-refractivity contribution in [1.29, 1.82) is 0 Å². The quantitative estimate of drug-likeness (QED) is 0.893. The summed E-state index contributed by atoms with van der Waals surface area (Å²) in [5.41, 5.74) is 1.32. The summed E-state index contributed by atoms with van der Waals surface area (Å²) < 4.78 is 5.91. The van der Waals surface area contributed by atoms with Crippen molar-refractivity contribution >= 4 is 5.91 Å². The third-order valence-corrected chi connectivity index (χ3v) is 6.31. The number of carbonyl (C=O) groups excluding carboxylic acids is 1. The highest BCUT2D eigenvalue weighted by Gasteiger charge is 2.37. The standard InChI is InChI=1S/C21H30N2O2/c24-20(23-13-14-25-19-12-5-4-11-18(19)23)15-22-21(17-9-6-10-17)16-7-2-1-3-8-16/h1-3,7-8,17-19,21-22H,4-6,9-15H2/t18-,19-,21+/m0/s1. The highest BCUT2D eigenvalue weighted by Crippen LogP contribution is 2.37. The molecule has 2 saturated carbocycles. The Morgan fingerprint density at radius 2 is 1.92 bits per heavy atom. The van der Waals surface area contributed by atoms with Crippen molar-refractivity contribution in [1.82, 2.24) is 10.2 Å². The normalized spacial score (nSPS) is 28.1. The number of rotatable bonds is 5. The zero-order valence-electron chi connectivity index (χ0n) is 15.0. The lowest BCUT2D eigenvalue weighted by molar-refractivity contribution is -0.148. The Bertz CT molecular complexity index is 571. The second kappa shape index (κ2) is 7.88. The Kier molecular flexibility index (Phi) is 5.37. The summed E-state index contributed by atoms with van der Waals surface area (Å²) in [5, 5.41) is 3.60. The van der Waals surface area contributed by atoms with E-state index >= 15 is 0 Å². The van der Waals surface area contributed by atoms with Gasteiger partial charge < -0.3 is 15.0 Å². The van der Waals surface area contributed by atoms with Crippen LogP contribution in [0.3, 0.4) is 0 Å². The molecule has 3 atom stereocenters. The van der Waals surface area contributed by atoms with Crippen LogP contribution in [0.1, 0.15) is 56.6 Å². The first-order chi connectivity index (χ1) is 12.3. The van der Waals surface area contributed by atoms with Crippen LogP contribution < -0.4 is 5.32 Å². The Labute approximate surface area is 150 Å². The molecular formula is C21H30N2O2. The molecule has 1 aromatic carbocycles. The Hall–Kier alpha value is -1.39. The number of benzene rings is 1. The molecule has 0 bridgehead atoms. The molecule has 0 aromatic heterocycles. The average Bonchev–Trinajstić information content (AvgIpc) is 2.63. The first-order valence-corrected chi connectivity index (χ1v) is 10.0. The topological polar surface area (TPSA) is 41.6 Å². The lowest BCUT2D eigenvalue weighted by atomic mass is 9.77. The molecule has 1 heterocycles. The molecule has 4 nitrogen and oxygen atoms in total. The minimum atomic E-state index is 0.250. The average molecular weight is 342 g/mol. The third kappa shape index (κ3) is 3.75. The maximum atomic E-state index is 12.9. The van der Waals surface area contributed by atoms with Gasteiger partial charge in [0.05, 0.1) is 25.3 Å². The van der Waals surface area contributed by atoms with Gasteiger partial charge in [-0.15, -0.1) is 0 Å². The second-order valence-corrected chi connectivity index (χ2v) is 7.81. The van der Waals surface area contributed by atoms with Crippen LogP contribution >= 0.6 is 0 Å². The van der Waals surface area contributed by atoms with E-state index in [0.29, 0.717) is 31.2 Å². The summed E-state index contributed by atoms with van der Waals surface area (Å²) >= 11 is 0. The van der Waals surface area contributed by atoms with Crippen molar-refractivity contribution in [2.24, 2.45) is 5.92 Å². The number of nitrogens with zero attached hydrogens (tertiary/aromatic N) is 1. The maximum absolute atomic E-state index is 12.9. The molecule has 3 aliphatic rings. The molecule has 0 spiro atoms. The predicted octanol–water partition coefficient (Wildman–Crippen LogP) is 3.29. The molecule has 1 aliphatic heterocycles. The molecule has 3 fully saturated rings. The number of carbonyl (C=O) groups is 1. The van der Waals surface area contributed by atoms with Crippen molar-refractivity contribution in [2.75, 3.05) is 19.7 Å². The van der Waals surface area contributed by atoms with Gasteiger partial charge in [-0.3, -0.25) is 4.79 Å². The van der Waals surface area contributed by atoms with E-state index in [4.69, 9.17) is 4.74 Å². The first kappa shape index (κ1) is 17.0. The fourth-order valence-electron chi connectivity index (χ4n) is 4.70. The molecule has 136 valence electrons. The third-order valence-electron chi connectivity index (χ3n) is 6.31. The summed E-state index contributed by atoms with van der Waals surface area (Å²) in [5.74, 6) is 0.919. The van der Waals surface area contributed by atoms with Crippen LogP contribution in [0.25, 0.3) is 0 Å². The molecular weight excluding hydrogens is 312 g/mol. The number of ether oxygens (including phenoxy) is 1. The van der Waals surface area contributed by atoms with E-state index in [2.05, 4.69) is 40.5 Å². The van der Waals surface area contributed by atoms with Crippen LogP contribution in [-0.4, -0.2) is 42.6 Å². The molecule has 1 aromatic rings. The van der Waals surface area contributed by atoms with E-state index in [1.54, 1.807) is 0 Å². The fraction of sp³-hybridized carbons (Fsp3) is 0.667. The number of nitrogens with one attached hydrogen (secondary N) is 1. The SMILES string of the molecule is O=C(CN[C@H](c1ccccc1)C1CCC1)N1CCO[C@H]2CCCC[C@@H]21. The molecule has 0 unspecified atom stereocenters. The minimum Gasteiger partial charge on any atom is -0.374 e. The van der Waals surface area contributed by atoms with E-state index in [1.807, 2.05) is 0 Å². The van der Waals surface area contributed by atoms with E-state index in [1.165, 1.54) is 37.7 Å². The molecule has 4 heteroatoms. The van der Waals surface area contributed by atoms with Gasteiger partial charge in [-0.2, -0.15) is 0 Å². The lowest BCUT2D eigenvalue weighted by Crippen LogP contribution is -2.56. The molecule has 2 aliphatic carbocycles. The minimum absolute atomic E-state index is 0.250. The highest BCUT2D eigenvalue weighted by atomic mass is 16.5. The van der Waals surface area contributed by atoms with Crippen LogP contribution in [0.5, 0.6) is 0 Å². The number of amides is 1. The predicted molar refractivity (Wildman–Crippen MR) is 98.2 cm³/mol. The lowest BCUT2D eigenvalue weighted by Gasteiger charge is -2.44. The van der Waals surface area contributed by atoms with Crippen molar-refractivity contribution in [3.05, 3.63) is 35.9 Å². The highest BCUT2D eigenvalue weighted by molar-refractivity contribution is 5.79. The largest absolute Gasteiger partial charge is 0.374 e. The second-order valence-electron chi connectivity index (χ2n) is 7.81. The molecule has 4 rings (SSSR count). The van der Waals surface area contributed by atoms with Gasteiger partial charge in [0.15, 0.2) is 0 Å². The van der Waals surface area contributed by atoms with Crippen molar-refractivity contribution in [3.8, 4) is 0 Å². The van der Waals surface area contributed by atoms with Gasteiger partial charge in [0.25, 0.3) is 0 Å². The van der Waals surface area contributed by atoms with Crippen molar-refractivity contribution in [3.63, 3.8) is 0 Å². The number of hydrogen-bond donors (Lipinski definition) is 1. The molecule has 1 saturated heterocycles. The Morgan fingerprint density at radius 3 is 2.68 bits per heavy atom. The van der Waals surface area contributed by atoms with Gasteiger partial charge in [-0.1, -0.05) is 49.6 Å². The van der Waals surface area contributed by atoms with Gasteiger partial charge in [0.1, 0.15) is 0 Å². The van der Waals surface area contributed by atoms with Crippen LogP contribution in [0.4, 0.5) is 0 Å². The van der Waals surface area contributed by atoms with Crippen LogP contribution in [-0.2, 0) is 9.53 Å². The van der Waals surface area contributed by atoms with E-state index in [9.17, 15) is 4.79 Å². The maximum Gasteiger partial charge on any atom is 0.236 e. The fourth-order valence-corrected chi connectivity index (χ4v) is 4.70. The molecule has 25 heavy (non-hydrogen) atoms. The summed E-state index contributed by atoms with van der Waals surface area (Å²) in [6, 6.07) is 11.2. The number of fused-ring (bicyclic) bond motifs is 1. The zero-order valence-corrected chi connectivity index (χ0v) is 15.0. The summed E-state index contributed by atoms with van der Waals surface area (Å²) in [6.07, 6.45) is 8.78. The molecule has 1 amide bonds. The van der Waals surface area contributed by atoms with Crippen LogP contribution in [0.15, 0.2) is 30.3 Å². The molecule has 0 radical (unpaired) electrons. The molecule has 1 N–H and O–H groups in total. The van der Waals surface area contributed by atoms with E-state index in [-0.39, 0.29) is 12.0 Å². The summed E-state index contributed by atoms with van der Waals surface area (Å²) in [6.45, 7) is 1.89. The number of morpholine rings is 1. The smallest absolute Gasteiger partial charge is 0.236 e. The van der Waals surface area contributed by atoms with Crippen LogP contribution in [0.2, 0.25) is 0 Å². The number of hydrogen-bond acceptors (Lipinski definition) is 3. The first-order valence-electron chi connectivity index (χ1n) is 10.0.